The van der Waals surface area contributed by atoms with Crippen molar-refractivity contribution in [2.45, 2.75) is 12.8 Å². The lowest BCUT2D eigenvalue weighted by atomic mass is 10.2. The van der Waals surface area contributed by atoms with Gasteiger partial charge >= 0.3 is 0 Å². The average Bonchev–Trinajstić information content (AvgIpc) is 2.97. The van der Waals surface area contributed by atoms with E-state index in [1.54, 1.807) is 22.1 Å². The van der Waals surface area contributed by atoms with Crippen molar-refractivity contribution in [3.8, 4) is 0 Å². The summed E-state index contributed by atoms with van der Waals surface area (Å²) in [5, 5.41) is 8.77. The Morgan fingerprint density at radius 2 is 1.79 bits per heavy atom. The van der Waals surface area contributed by atoms with Crippen molar-refractivity contribution in [1.82, 2.24) is 9.80 Å². The Balaban J connectivity index is 1.74. The van der Waals surface area contributed by atoms with Crippen molar-refractivity contribution in [3.63, 3.8) is 0 Å². The number of carbonyl (C=O) groups is 2. The van der Waals surface area contributed by atoms with E-state index >= 15 is 0 Å². The lowest BCUT2D eigenvalue weighted by molar-refractivity contribution is -0.141. The van der Waals surface area contributed by atoms with Crippen LogP contribution in [0.25, 0.3) is 0 Å². The van der Waals surface area contributed by atoms with Crippen LogP contribution in [0.2, 0.25) is 0 Å². The molecule has 0 aliphatic carbocycles. The third-order valence-corrected chi connectivity index (χ3v) is 3.29. The van der Waals surface area contributed by atoms with Gasteiger partial charge in [0.25, 0.3) is 0 Å². The molecule has 0 unspecified atom stereocenters. The molecule has 6 nitrogen and oxygen atoms in total. The summed E-state index contributed by atoms with van der Waals surface area (Å²) in [4.78, 5) is 26.6. The van der Waals surface area contributed by atoms with Gasteiger partial charge in [-0.3, -0.25) is 9.59 Å². The van der Waals surface area contributed by atoms with Gasteiger partial charge in [0.1, 0.15) is 12.4 Å². The fourth-order valence-corrected chi connectivity index (χ4v) is 2.15. The second-order valence-corrected chi connectivity index (χ2v) is 4.50. The molecule has 19 heavy (non-hydrogen) atoms. The minimum atomic E-state index is -0.466. The molecule has 0 spiro atoms. The van der Waals surface area contributed by atoms with Crippen LogP contribution in [0, 0.1) is 0 Å². The zero-order chi connectivity index (χ0) is 13.7. The molecule has 2 rings (SSSR count). The number of aryl methyl sites for hydroxylation is 1. The van der Waals surface area contributed by atoms with Crippen molar-refractivity contribution >= 4 is 11.8 Å². The lowest BCUT2D eigenvalue weighted by Gasteiger charge is -2.34. The Hall–Kier alpha value is -1.82. The van der Waals surface area contributed by atoms with E-state index in [9.17, 15) is 9.59 Å². The minimum Gasteiger partial charge on any atom is -0.469 e. The minimum absolute atomic E-state index is 0.0764. The highest BCUT2D eigenvalue weighted by Gasteiger charge is 2.23. The number of amides is 2. The molecule has 0 bridgehead atoms. The molecular weight excluding hydrogens is 248 g/mol. The number of carbonyl (C=O) groups excluding carboxylic acids is 2. The first kappa shape index (κ1) is 13.6. The fourth-order valence-electron chi connectivity index (χ4n) is 2.15. The van der Waals surface area contributed by atoms with Crippen molar-refractivity contribution in [1.29, 1.82) is 0 Å². The molecule has 1 aliphatic rings. The summed E-state index contributed by atoms with van der Waals surface area (Å²) in [5.74, 6) is 0.609. The van der Waals surface area contributed by atoms with Gasteiger partial charge in [0.2, 0.25) is 11.8 Å². The van der Waals surface area contributed by atoms with Gasteiger partial charge in [0, 0.05) is 39.0 Å². The number of aliphatic hydroxyl groups excluding tert-OH is 1. The van der Waals surface area contributed by atoms with Gasteiger partial charge in [0.05, 0.1) is 6.26 Å². The SMILES string of the molecule is O=C(CO)N1CCN(C(=O)CCc2ccco2)CC1. The Kier molecular flexibility index (Phi) is 4.57. The smallest absolute Gasteiger partial charge is 0.248 e. The van der Waals surface area contributed by atoms with E-state index in [4.69, 9.17) is 9.52 Å². The second-order valence-electron chi connectivity index (χ2n) is 4.50. The van der Waals surface area contributed by atoms with Crippen LogP contribution in [0.3, 0.4) is 0 Å². The van der Waals surface area contributed by atoms with Crippen LogP contribution in [-0.4, -0.2) is 59.5 Å². The number of hydrogen-bond donors (Lipinski definition) is 1. The summed E-state index contributed by atoms with van der Waals surface area (Å²) in [6.07, 6.45) is 2.61. The Morgan fingerprint density at radius 3 is 2.32 bits per heavy atom. The molecule has 1 N–H and O–H groups in total. The van der Waals surface area contributed by atoms with Gasteiger partial charge in [-0.1, -0.05) is 0 Å². The molecule has 1 aromatic heterocycles. The molecule has 2 amide bonds. The third-order valence-electron chi connectivity index (χ3n) is 3.29. The van der Waals surface area contributed by atoms with Crippen molar-refractivity contribution in [2.75, 3.05) is 32.8 Å². The standard InChI is InChI=1S/C13H18N2O4/c16-10-13(18)15-7-5-14(6-8-15)12(17)4-3-11-2-1-9-19-11/h1-2,9,16H,3-8,10H2. The van der Waals surface area contributed by atoms with Crippen LogP contribution in [0.4, 0.5) is 0 Å². The predicted molar refractivity (Wildman–Crippen MR) is 67.3 cm³/mol. The number of hydrogen-bond acceptors (Lipinski definition) is 4. The monoisotopic (exact) mass is 266 g/mol. The topological polar surface area (TPSA) is 74.0 Å². The Labute approximate surface area is 111 Å². The van der Waals surface area contributed by atoms with E-state index in [0.29, 0.717) is 39.0 Å². The first-order valence-corrected chi connectivity index (χ1v) is 6.39. The molecule has 1 aliphatic heterocycles. The highest BCUT2D eigenvalue weighted by molar-refractivity contribution is 5.79. The fraction of sp³-hybridized carbons (Fsp3) is 0.538. The molecule has 0 saturated carbocycles. The largest absolute Gasteiger partial charge is 0.469 e. The van der Waals surface area contributed by atoms with Crippen molar-refractivity contribution < 1.29 is 19.1 Å². The van der Waals surface area contributed by atoms with Crippen LogP contribution in [0.15, 0.2) is 22.8 Å². The molecular formula is C13H18N2O4. The van der Waals surface area contributed by atoms with Crippen molar-refractivity contribution in [2.24, 2.45) is 0 Å². The molecule has 1 fully saturated rings. The zero-order valence-electron chi connectivity index (χ0n) is 10.7. The molecule has 1 saturated heterocycles. The van der Waals surface area contributed by atoms with Crippen LogP contribution >= 0.6 is 0 Å². The Morgan fingerprint density at radius 1 is 1.16 bits per heavy atom. The maximum Gasteiger partial charge on any atom is 0.248 e. The van der Waals surface area contributed by atoms with Gasteiger partial charge in [-0.15, -0.1) is 0 Å². The van der Waals surface area contributed by atoms with E-state index in [-0.39, 0.29) is 11.8 Å². The summed E-state index contributed by atoms with van der Waals surface area (Å²) in [6, 6.07) is 3.66. The first-order chi connectivity index (χ1) is 9.20. The third kappa shape index (κ3) is 3.57. The van der Waals surface area contributed by atoms with Gasteiger partial charge in [-0.25, -0.2) is 0 Å². The van der Waals surface area contributed by atoms with Gasteiger partial charge < -0.3 is 19.3 Å². The van der Waals surface area contributed by atoms with Gasteiger partial charge in [0.15, 0.2) is 0 Å². The average molecular weight is 266 g/mol. The zero-order valence-corrected chi connectivity index (χ0v) is 10.7. The van der Waals surface area contributed by atoms with Crippen molar-refractivity contribution in [3.05, 3.63) is 24.2 Å². The molecule has 1 aromatic rings. The van der Waals surface area contributed by atoms with Crippen LogP contribution < -0.4 is 0 Å². The van der Waals surface area contributed by atoms with E-state index in [1.807, 2.05) is 6.07 Å². The number of piperazine rings is 1. The van der Waals surface area contributed by atoms with Gasteiger partial charge in [-0.2, -0.15) is 0 Å². The molecule has 6 heteroatoms. The molecule has 2 heterocycles. The van der Waals surface area contributed by atoms with E-state index in [2.05, 4.69) is 0 Å². The number of furan rings is 1. The highest BCUT2D eigenvalue weighted by Crippen LogP contribution is 2.08. The van der Waals surface area contributed by atoms with Crippen LogP contribution in [0.1, 0.15) is 12.2 Å². The maximum absolute atomic E-state index is 12.0. The molecule has 0 aromatic carbocycles. The first-order valence-electron chi connectivity index (χ1n) is 6.39. The molecule has 104 valence electrons. The Bertz CT molecular complexity index is 422. The lowest BCUT2D eigenvalue weighted by Crippen LogP contribution is -2.51. The summed E-state index contributed by atoms with van der Waals surface area (Å²) in [5.41, 5.74) is 0. The maximum atomic E-state index is 12.0. The van der Waals surface area contributed by atoms with E-state index in [0.717, 1.165) is 5.76 Å². The van der Waals surface area contributed by atoms with E-state index in [1.165, 1.54) is 0 Å². The summed E-state index contributed by atoms with van der Waals surface area (Å²) < 4.78 is 5.18. The quantitative estimate of drug-likeness (QED) is 0.824. The number of nitrogens with zero attached hydrogens (tertiary/aromatic N) is 2. The van der Waals surface area contributed by atoms with Crippen LogP contribution in [0.5, 0.6) is 0 Å². The highest BCUT2D eigenvalue weighted by atomic mass is 16.3. The predicted octanol–water partition coefficient (Wildman–Crippen LogP) is -0.125. The van der Waals surface area contributed by atoms with Gasteiger partial charge in [-0.05, 0) is 12.1 Å². The second kappa shape index (κ2) is 6.38. The van der Waals surface area contributed by atoms with E-state index < -0.39 is 6.61 Å². The number of rotatable bonds is 4. The normalized spacial score (nSPS) is 15.6. The van der Waals surface area contributed by atoms with Crippen LogP contribution in [-0.2, 0) is 16.0 Å². The molecule has 0 atom stereocenters. The summed E-state index contributed by atoms with van der Waals surface area (Å²) in [7, 11) is 0. The summed E-state index contributed by atoms with van der Waals surface area (Å²) in [6.45, 7) is 1.58. The molecule has 0 radical (unpaired) electrons. The number of aliphatic hydroxyl groups is 1. The summed E-state index contributed by atoms with van der Waals surface area (Å²) >= 11 is 0.